The van der Waals surface area contributed by atoms with Gasteiger partial charge >= 0.3 is 0 Å². The molecule has 0 spiro atoms. The average molecular weight is 414 g/mol. The highest BCUT2D eigenvalue weighted by Gasteiger charge is 2.34. The van der Waals surface area contributed by atoms with Crippen molar-refractivity contribution in [3.8, 4) is 0 Å². The topological polar surface area (TPSA) is 35.9 Å². The molecule has 0 saturated heterocycles. The van der Waals surface area contributed by atoms with E-state index in [1.807, 2.05) is 40.9 Å². The molecule has 1 atom stereocenters. The third kappa shape index (κ3) is 4.22. The standard InChI is InChI=1S/C21H20FN3OS2/c1-24(13-15-6-8-16(22)9-7-15)14-21(26)25-18(20-5-3-11-28-20)12-17(23-25)19-4-2-10-27-19/h2-11,18H,12-14H2,1H3. The molecule has 0 fully saturated rings. The highest BCUT2D eigenvalue weighted by Crippen LogP contribution is 2.35. The predicted octanol–water partition coefficient (Wildman–Crippen LogP) is 4.76. The number of carbonyl (C=O) groups is 1. The first-order chi connectivity index (χ1) is 13.6. The molecule has 1 aliphatic rings. The minimum Gasteiger partial charge on any atom is -0.293 e. The van der Waals surface area contributed by atoms with Crippen LogP contribution >= 0.6 is 22.7 Å². The molecule has 0 bridgehead atoms. The number of hydrazone groups is 1. The van der Waals surface area contributed by atoms with E-state index in [1.54, 1.807) is 39.8 Å². The van der Waals surface area contributed by atoms with Gasteiger partial charge in [-0.3, -0.25) is 9.69 Å². The van der Waals surface area contributed by atoms with E-state index in [9.17, 15) is 9.18 Å². The summed E-state index contributed by atoms with van der Waals surface area (Å²) < 4.78 is 13.1. The summed E-state index contributed by atoms with van der Waals surface area (Å²) in [7, 11) is 1.89. The summed E-state index contributed by atoms with van der Waals surface area (Å²) in [6.45, 7) is 0.825. The number of nitrogens with zero attached hydrogens (tertiary/aromatic N) is 3. The van der Waals surface area contributed by atoms with Crippen LogP contribution in [0.1, 0.15) is 27.8 Å². The Morgan fingerprint density at radius 2 is 1.93 bits per heavy atom. The lowest BCUT2D eigenvalue weighted by Crippen LogP contribution is -2.36. The van der Waals surface area contributed by atoms with Crippen molar-refractivity contribution >= 4 is 34.3 Å². The quantitative estimate of drug-likeness (QED) is 0.584. The Balaban J connectivity index is 1.49. The van der Waals surface area contributed by atoms with E-state index in [0.717, 1.165) is 27.5 Å². The second-order valence-electron chi connectivity index (χ2n) is 6.80. The van der Waals surface area contributed by atoms with Crippen molar-refractivity contribution in [2.75, 3.05) is 13.6 Å². The van der Waals surface area contributed by atoms with Crippen molar-refractivity contribution in [2.45, 2.75) is 19.0 Å². The smallest absolute Gasteiger partial charge is 0.257 e. The number of thiophene rings is 2. The molecule has 3 heterocycles. The molecular formula is C21H20FN3OS2. The Morgan fingerprint density at radius 1 is 1.18 bits per heavy atom. The number of benzene rings is 1. The number of hydrogen-bond acceptors (Lipinski definition) is 5. The highest BCUT2D eigenvalue weighted by atomic mass is 32.1. The van der Waals surface area contributed by atoms with Crippen LogP contribution in [0.15, 0.2) is 64.4 Å². The normalized spacial score (nSPS) is 16.6. The zero-order valence-electron chi connectivity index (χ0n) is 15.4. The summed E-state index contributed by atoms with van der Waals surface area (Å²) >= 11 is 3.29. The van der Waals surface area contributed by atoms with Gasteiger partial charge in [0, 0.05) is 17.8 Å². The fourth-order valence-corrected chi connectivity index (χ4v) is 4.83. The molecule has 4 rings (SSSR count). The SMILES string of the molecule is CN(CC(=O)N1N=C(c2cccs2)CC1c1cccs1)Cc1ccc(F)cc1. The number of halogens is 1. The molecule has 1 amide bonds. The van der Waals surface area contributed by atoms with Gasteiger partial charge in [-0.25, -0.2) is 9.40 Å². The third-order valence-electron chi connectivity index (χ3n) is 4.61. The van der Waals surface area contributed by atoms with E-state index < -0.39 is 0 Å². The molecule has 144 valence electrons. The van der Waals surface area contributed by atoms with Gasteiger partial charge in [-0.05, 0) is 47.6 Å². The maximum absolute atomic E-state index is 13.1. The second kappa shape index (κ2) is 8.34. The molecule has 0 radical (unpaired) electrons. The molecule has 3 aromatic rings. The number of carbonyl (C=O) groups excluding carboxylic acids is 1. The first-order valence-corrected chi connectivity index (χ1v) is 10.8. The third-order valence-corrected chi connectivity index (χ3v) is 6.51. The van der Waals surface area contributed by atoms with Gasteiger partial charge in [-0.1, -0.05) is 24.3 Å². The summed E-state index contributed by atoms with van der Waals surface area (Å²) in [5, 5.41) is 10.4. The Hall–Kier alpha value is -2.35. The molecule has 1 unspecified atom stereocenters. The number of rotatable bonds is 6. The van der Waals surface area contributed by atoms with Crippen LogP contribution in [0.5, 0.6) is 0 Å². The van der Waals surface area contributed by atoms with Crippen molar-refractivity contribution in [1.82, 2.24) is 9.91 Å². The van der Waals surface area contributed by atoms with Crippen LogP contribution in [-0.4, -0.2) is 35.1 Å². The van der Waals surface area contributed by atoms with Gasteiger partial charge in [0.2, 0.25) is 0 Å². The Labute approximate surface area is 171 Å². The van der Waals surface area contributed by atoms with Crippen LogP contribution in [0.4, 0.5) is 4.39 Å². The van der Waals surface area contributed by atoms with Gasteiger partial charge < -0.3 is 0 Å². The fourth-order valence-electron chi connectivity index (χ4n) is 3.30. The van der Waals surface area contributed by atoms with Crippen LogP contribution in [0.2, 0.25) is 0 Å². The van der Waals surface area contributed by atoms with Gasteiger partial charge in [0.1, 0.15) is 5.82 Å². The van der Waals surface area contributed by atoms with Crippen LogP contribution in [-0.2, 0) is 11.3 Å². The van der Waals surface area contributed by atoms with Gasteiger partial charge in [-0.2, -0.15) is 5.10 Å². The van der Waals surface area contributed by atoms with Crippen molar-refractivity contribution in [3.05, 3.63) is 80.4 Å². The minimum absolute atomic E-state index is 0.0328. The summed E-state index contributed by atoms with van der Waals surface area (Å²) in [5.41, 5.74) is 1.93. The molecule has 28 heavy (non-hydrogen) atoms. The van der Waals surface area contributed by atoms with E-state index in [-0.39, 0.29) is 24.3 Å². The molecule has 2 aromatic heterocycles. The first-order valence-electron chi connectivity index (χ1n) is 9.00. The van der Waals surface area contributed by atoms with Crippen LogP contribution < -0.4 is 0 Å². The highest BCUT2D eigenvalue weighted by molar-refractivity contribution is 7.12. The molecule has 0 saturated carbocycles. The molecule has 1 aromatic carbocycles. The zero-order chi connectivity index (χ0) is 19.5. The van der Waals surface area contributed by atoms with Crippen LogP contribution in [0.25, 0.3) is 0 Å². The van der Waals surface area contributed by atoms with Gasteiger partial charge in [0.05, 0.1) is 23.2 Å². The molecule has 1 aliphatic heterocycles. The Kier molecular flexibility index (Phi) is 5.66. The van der Waals surface area contributed by atoms with Crippen LogP contribution in [0, 0.1) is 5.82 Å². The summed E-state index contributed by atoms with van der Waals surface area (Å²) in [6.07, 6.45) is 0.731. The maximum atomic E-state index is 13.1. The summed E-state index contributed by atoms with van der Waals surface area (Å²) in [5.74, 6) is -0.289. The largest absolute Gasteiger partial charge is 0.293 e. The lowest BCUT2D eigenvalue weighted by atomic mass is 10.1. The summed E-state index contributed by atoms with van der Waals surface area (Å²) in [6, 6.07) is 14.4. The van der Waals surface area contributed by atoms with Gasteiger partial charge in [0.25, 0.3) is 5.91 Å². The molecule has 4 nitrogen and oxygen atoms in total. The molecule has 0 aliphatic carbocycles. The molecule has 0 N–H and O–H groups in total. The van der Waals surface area contributed by atoms with E-state index in [0.29, 0.717) is 6.54 Å². The zero-order valence-corrected chi connectivity index (χ0v) is 17.0. The van der Waals surface area contributed by atoms with Crippen molar-refractivity contribution in [2.24, 2.45) is 5.10 Å². The lowest BCUT2D eigenvalue weighted by molar-refractivity contribution is -0.134. The number of likely N-dealkylation sites (N-methyl/N-ethyl adjacent to an activating group) is 1. The Bertz CT molecular complexity index is 952. The average Bonchev–Trinajstić information content (AvgIpc) is 3.43. The van der Waals surface area contributed by atoms with Crippen molar-refractivity contribution in [3.63, 3.8) is 0 Å². The number of hydrogen-bond donors (Lipinski definition) is 0. The minimum atomic E-state index is -0.256. The molecule has 7 heteroatoms. The monoisotopic (exact) mass is 413 g/mol. The van der Waals surface area contributed by atoms with Crippen molar-refractivity contribution < 1.29 is 9.18 Å². The van der Waals surface area contributed by atoms with E-state index >= 15 is 0 Å². The molecular weight excluding hydrogens is 393 g/mol. The van der Waals surface area contributed by atoms with Crippen LogP contribution in [0.3, 0.4) is 0 Å². The van der Waals surface area contributed by atoms with Gasteiger partial charge in [-0.15, -0.1) is 22.7 Å². The van der Waals surface area contributed by atoms with Gasteiger partial charge in [0.15, 0.2) is 0 Å². The first kappa shape index (κ1) is 19.0. The van der Waals surface area contributed by atoms with Crippen molar-refractivity contribution in [1.29, 1.82) is 0 Å². The Morgan fingerprint density at radius 3 is 2.61 bits per heavy atom. The summed E-state index contributed by atoms with van der Waals surface area (Å²) in [4.78, 5) is 17.2. The number of amides is 1. The van der Waals surface area contributed by atoms with E-state index in [2.05, 4.69) is 11.2 Å². The lowest BCUT2D eigenvalue weighted by Gasteiger charge is -2.24. The predicted molar refractivity (Wildman–Crippen MR) is 112 cm³/mol. The maximum Gasteiger partial charge on any atom is 0.257 e. The van der Waals surface area contributed by atoms with E-state index in [1.165, 1.54) is 12.1 Å². The van der Waals surface area contributed by atoms with E-state index in [4.69, 9.17) is 0 Å². The second-order valence-corrected chi connectivity index (χ2v) is 8.72. The fraction of sp³-hybridized carbons (Fsp3) is 0.238.